The highest BCUT2D eigenvalue weighted by atomic mass is 16.4. The molecule has 0 aliphatic heterocycles. The maximum atomic E-state index is 11.5. The molecule has 5 heteroatoms. The largest absolute Gasteiger partial charge is 0.481 e. The molecule has 0 spiro atoms. The number of hydrogen-bond acceptors (Lipinski definition) is 2. The minimum Gasteiger partial charge on any atom is -0.481 e. The first-order valence-electron chi connectivity index (χ1n) is 5.52. The molecule has 1 atom stereocenters. The molecule has 1 aromatic carbocycles. The van der Waals surface area contributed by atoms with Crippen LogP contribution in [0.5, 0.6) is 0 Å². The second-order valence-electron chi connectivity index (χ2n) is 3.89. The van der Waals surface area contributed by atoms with Crippen LogP contribution in [0.2, 0.25) is 0 Å². The third kappa shape index (κ3) is 4.69. The van der Waals surface area contributed by atoms with Crippen LogP contribution in [0.3, 0.4) is 0 Å². The molecule has 96 valence electrons. The fourth-order valence-corrected chi connectivity index (χ4v) is 1.37. The lowest BCUT2D eigenvalue weighted by molar-refractivity contribution is -0.136. The summed E-state index contributed by atoms with van der Waals surface area (Å²) in [6, 6.07) is 6.24. The zero-order valence-corrected chi connectivity index (χ0v) is 10.1. The van der Waals surface area contributed by atoms with Crippen molar-refractivity contribution in [2.75, 3.05) is 5.32 Å². The molecular formula is C13H16N2O3. The fourth-order valence-electron chi connectivity index (χ4n) is 1.37. The first-order valence-corrected chi connectivity index (χ1v) is 5.52. The van der Waals surface area contributed by atoms with Crippen LogP contribution in [0.25, 0.3) is 0 Å². The van der Waals surface area contributed by atoms with Crippen molar-refractivity contribution in [3.05, 3.63) is 42.5 Å². The molecule has 0 saturated heterocycles. The molecule has 3 N–H and O–H groups in total. The number of benzene rings is 1. The third-order valence-electron chi connectivity index (χ3n) is 2.25. The smallest absolute Gasteiger partial charge is 0.319 e. The van der Waals surface area contributed by atoms with Gasteiger partial charge in [0.05, 0.1) is 6.42 Å². The molecule has 0 aliphatic carbocycles. The number of urea groups is 1. The van der Waals surface area contributed by atoms with Crippen molar-refractivity contribution in [2.45, 2.75) is 19.4 Å². The molecule has 0 fully saturated rings. The average Bonchev–Trinajstić information content (AvgIpc) is 2.28. The zero-order chi connectivity index (χ0) is 13.5. The van der Waals surface area contributed by atoms with Gasteiger partial charge in [0.2, 0.25) is 0 Å². The molecule has 1 unspecified atom stereocenters. The molecule has 5 nitrogen and oxygen atoms in total. The van der Waals surface area contributed by atoms with Crippen molar-refractivity contribution in [3.63, 3.8) is 0 Å². The molecule has 2 amide bonds. The number of anilines is 1. The number of aliphatic carboxylic acids is 1. The highest BCUT2D eigenvalue weighted by molar-refractivity contribution is 5.89. The number of carboxylic acid groups (broad SMARTS) is 1. The van der Waals surface area contributed by atoms with Crippen molar-refractivity contribution >= 4 is 17.7 Å². The van der Waals surface area contributed by atoms with Gasteiger partial charge in [-0.3, -0.25) is 4.79 Å². The van der Waals surface area contributed by atoms with Crippen LogP contribution in [-0.4, -0.2) is 23.1 Å². The van der Waals surface area contributed by atoms with Crippen LogP contribution < -0.4 is 10.6 Å². The number of rotatable bonds is 5. The van der Waals surface area contributed by atoms with Crippen molar-refractivity contribution in [1.29, 1.82) is 0 Å². The fraction of sp³-hybridized carbons (Fsp3) is 0.231. The Hall–Kier alpha value is -2.30. The molecule has 0 aliphatic rings. The lowest BCUT2D eigenvalue weighted by Crippen LogP contribution is -2.34. The zero-order valence-electron chi connectivity index (χ0n) is 10.1. The summed E-state index contributed by atoms with van der Waals surface area (Å²) in [5, 5.41) is 14.0. The van der Waals surface area contributed by atoms with E-state index < -0.39 is 5.97 Å². The van der Waals surface area contributed by atoms with Gasteiger partial charge < -0.3 is 15.7 Å². The summed E-state index contributed by atoms with van der Waals surface area (Å²) in [7, 11) is 0. The van der Waals surface area contributed by atoms with Crippen LogP contribution in [0.1, 0.15) is 12.5 Å². The second-order valence-corrected chi connectivity index (χ2v) is 3.89. The Morgan fingerprint density at radius 1 is 1.50 bits per heavy atom. The summed E-state index contributed by atoms with van der Waals surface area (Å²) >= 11 is 0. The standard InChI is InChI=1S/C13H16N2O3/c1-3-9(2)14-13(18)15-11-6-4-5-10(7-11)8-12(16)17/h3-7,9H,1,8H2,2H3,(H,16,17)(H2,14,15,18). The predicted molar refractivity (Wildman–Crippen MR) is 69.6 cm³/mol. The minimum atomic E-state index is -0.906. The quantitative estimate of drug-likeness (QED) is 0.697. The van der Waals surface area contributed by atoms with Crippen molar-refractivity contribution < 1.29 is 14.7 Å². The van der Waals surface area contributed by atoms with Gasteiger partial charge in [0, 0.05) is 11.7 Å². The number of carboxylic acids is 1. The van der Waals surface area contributed by atoms with Gasteiger partial charge in [-0.15, -0.1) is 6.58 Å². The molecule has 1 aromatic rings. The first kappa shape index (κ1) is 13.8. The molecule has 18 heavy (non-hydrogen) atoms. The topological polar surface area (TPSA) is 78.4 Å². The number of amides is 2. The van der Waals surface area contributed by atoms with Gasteiger partial charge in [-0.2, -0.15) is 0 Å². The number of hydrogen-bond donors (Lipinski definition) is 3. The highest BCUT2D eigenvalue weighted by Gasteiger charge is 2.05. The van der Waals surface area contributed by atoms with E-state index in [1.54, 1.807) is 37.3 Å². The Morgan fingerprint density at radius 3 is 2.83 bits per heavy atom. The Morgan fingerprint density at radius 2 is 2.22 bits per heavy atom. The first-order chi connectivity index (χ1) is 8.51. The summed E-state index contributed by atoms with van der Waals surface area (Å²) in [6.45, 7) is 5.36. The average molecular weight is 248 g/mol. The molecule has 0 saturated carbocycles. The van der Waals surface area contributed by atoms with Crippen molar-refractivity contribution in [2.24, 2.45) is 0 Å². The Kier molecular flexibility index (Phi) is 4.92. The Balaban J connectivity index is 2.64. The lowest BCUT2D eigenvalue weighted by Gasteiger charge is -2.11. The van der Waals surface area contributed by atoms with E-state index in [2.05, 4.69) is 17.2 Å². The van der Waals surface area contributed by atoms with E-state index in [1.807, 2.05) is 0 Å². The summed E-state index contributed by atoms with van der Waals surface area (Å²) in [6.07, 6.45) is 1.54. The van der Waals surface area contributed by atoms with Gasteiger partial charge in [-0.1, -0.05) is 18.2 Å². The van der Waals surface area contributed by atoms with Crippen LogP contribution >= 0.6 is 0 Å². The molecular weight excluding hydrogens is 232 g/mol. The maximum absolute atomic E-state index is 11.5. The predicted octanol–water partition coefficient (Wildman–Crippen LogP) is 2.01. The Bertz CT molecular complexity index is 457. The van der Waals surface area contributed by atoms with Gasteiger partial charge in [-0.05, 0) is 24.6 Å². The van der Waals surface area contributed by atoms with Crippen LogP contribution in [0.4, 0.5) is 10.5 Å². The van der Waals surface area contributed by atoms with E-state index >= 15 is 0 Å². The van der Waals surface area contributed by atoms with Gasteiger partial charge >= 0.3 is 12.0 Å². The molecule has 1 rings (SSSR count). The molecule has 0 heterocycles. The van der Waals surface area contributed by atoms with Gasteiger partial charge in [0.15, 0.2) is 0 Å². The monoisotopic (exact) mass is 248 g/mol. The summed E-state index contributed by atoms with van der Waals surface area (Å²) < 4.78 is 0. The van der Waals surface area contributed by atoms with Crippen molar-refractivity contribution in [3.8, 4) is 0 Å². The van der Waals surface area contributed by atoms with Crippen LogP contribution in [0, 0.1) is 0 Å². The SMILES string of the molecule is C=CC(C)NC(=O)Nc1cccc(CC(=O)O)c1. The Labute approximate surface area is 106 Å². The lowest BCUT2D eigenvalue weighted by atomic mass is 10.1. The van der Waals surface area contributed by atoms with E-state index in [4.69, 9.17) is 5.11 Å². The number of nitrogens with one attached hydrogen (secondary N) is 2. The van der Waals surface area contributed by atoms with E-state index in [-0.39, 0.29) is 18.5 Å². The van der Waals surface area contributed by atoms with Crippen LogP contribution in [-0.2, 0) is 11.2 Å². The number of carbonyl (C=O) groups is 2. The van der Waals surface area contributed by atoms with Gasteiger partial charge in [-0.25, -0.2) is 4.79 Å². The number of carbonyl (C=O) groups excluding carboxylic acids is 1. The van der Waals surface area contributed by atoms with E-state index in [9.17, 15) is 9.59 Å². The molecule has 0 aromatic heterocycles. The van der Waals surface area contributed by atoms with Gasteiger partial charge in [0.25, 0.3) is 0 Å². The van der Waals surface area contributed by atoms with E-state index in [0.29, 0.717) is 11.3 Å². The summed E-state index contributed by atoms with van der Waals surface area (Å²) in [4.78, 5) is 22.1. The summed E-state index contributed by atoms with van der Waals surface area (Å²) in [5.74, 6) is -0.906. The van der Waals surface area contributed by atoms with E-state index in [0.717, 1.165) is 0 Å². The molecule has 0 bridgehead atoms. The minimum absolute atomic E-state index is 0.0692. The summed E-state index contributed by atoms with van der Waals surface area (Å²) in [5.41, 5.74) is 1.19. The van der Waals surface area contributed by atoms with E-state index in [1.165, 1.54) is 0 Å². The van der Waals surface area contributed by atoms with Crippen molar-refractivity contribution in [1.82, 2.24) is 5.32 Å². The third-order valence-corrected chi connectivity index (χ3v) is 2.25. The second kappa shape index (κ2) is 6.44. The highest BCUT2D eigenvalue weighted by Crippen LogP contribution is 2.11. The normalized spacial score (nSPS) is 11.4. The maximum Gasteiger partial charge on any atom is 0.319 e. The molecule has 0 radical (unpaired) electrons. The van der Waals surface area contributed by atoms with Crippen LogP contribution in [0.15, 0.2) is 36.9 Å². The van der Waals surface area contributed by atoms with Gasteiger partial charge in [0.1, 0.15) is 0 Å².